The minimum absolute atomic E-state index is 0. The van der Waals surface area contributed by atoms with Gasteiger partial charge in [0.2, 0.25) is 0 Å². The molecule has 0 aromatic rings. The maximum atomic E-state index is 3.25. The van der Waals surface area contributed by atoms with Gasteiger partial charge in [-0.3, -0.25) is 0 Å². The van der Waals surface area contributed by atoms with Gasteiger partial charge in [0.25, 0.3) is 0 Å². The third-order valence-corrected chi connectivity index (χ3v) is 0. The molecule has 0 saturated heterocycles. The minimum Gasteiger partial charge on any atom is -0.358 e. The minimum atomic E-state index is 0. The SMILES string of the molecule is [CH2-]C.[CH3-].[K+]. The van der Waals surface area contributed by atoms with Gasteiger partial charge in [-0.05, 0) is 0 Å². The van der Waals surface area contributed by atoms with Crippen molar-refractivity contribution in [2.45, 2.75) is 6.92 Å². The molecule has 0 heterocycles. The van der Waals surface area contributed by atoms with Gasteiger partial charge in [0.15, 0.2) is 0 Å². The second-order valence-electron chi connectivity index (χ2n) is 0. The summed E-state index contributed by atoms with van der Waals surface area (Å²) < 4.78 is 0. The fraction of sp³-hybridized carbons (Fsp3) is 0.333. The van der Waals surface area contributed by atoms with Crippen LogP contribution in [0.1, 0.15) is 6.92 Å². The number of hydrogen-bond donors (Lipinski definition) is 0. The molecule has 0 aliphatic heterocycles. The largest absolute Gasteiger partial charge is 1.00 e. The van der Waals surface area contributed by atoms with Crippen LogP contribution in [0.15, 0.2) is 0 Å². The van der Waals surface area contributed by atoms with Crippen molar-refractivity contribution in [1.29, 1.82) is 0 Å². The topological polar surface area (TPSA) is 0 Å². The Morgan fingerprint density at radius 2 is 1.25 bits per heavy atom. The number of hydrogen-bond acceptors (Lipinski definition) is 0. The third-order valence-electron chi connectivity index (χ3n) is 0. The molecule has 0 aliphatic rings. The molecule has 0 aromatic heterocycles. The van der Waals surface area contributed by atoms with Crippen LogP contribution in [0.2, 0.25) is 0 Å². The van der Waals surface area contributed by atoms with E-state index in [1.165, 1.54) is 0 Å². The Balaban J connectivity index is -0.00000000500. The van der Waals surface area contributed by atoms with Crippen LogP contribution < -0.4 is 51.4 Å². The van der Waals surface area contributed by atoms with Crippen LogP contribution in [0.4, 0.5) is 0 Å². The van der Waals surface area contributed by atoms with Crippen LogP contribution in [-0.4, -0.2) is 0 Å². The van der Waals surface area contributed by atoms with E-state index in [1.54, 1.807) is 6.92 Å². The zero-order valence-electron chi connectivity index (χ0n) is 3.71. The Bertz CT molecular complexity index is 3.25. The van der Waals surface area contributed by atoms with Gasteiger partial charge in [-0.15, -0.1) is 0 Å². The predicted molar refractivity (Wildman–Crippen MR) is 17.4 cm³/mol. The predicted octanol–water partition coefficient (Wildman–Crippen LogP) is -1.71. The fourth-order valence-electron chi connectivity index (χ4n) is 0. The van der Waals surface area contributed by atoms with Crippen molar-refractivity contribution in [2.75, 3.05) is 0 Å². The first-order chi connectivity index (χ1) is 1.00. The van der Waals surface area contributed by atoms with Crippen molar-refractivity contribution < 1.29 is 51.4 Å². The molecule has 0 nitrogen and oxygen atoms in total. The molecule has 0 rings (SSSR count). The van der Waals surface area contributed by atoms with Crippen LogP contribution in [0, 0.1) is 14.4 Å². The van der Waals surface area contributed by atoms with Gasteiger partial charge in [-0.2, -0.15) is 6.92 Å². The average molecular weight is 83.2 g/mol. The van der Waals surface area contributed by atoms with Gasteiger partial charge < -0.3 is 14.4 Å². The zero-order chi connectivity index (χ0) is 2.00. The second-order valence-corrected chi connectivity index (χ2v) is 0. The quantitative estimate of drug-likeness (QED) is 0.242. The van der Waals surface area contributed by atoms with E-state index in [2.05, 4.69) is 6.92 Å². The Morgan fingerprint density at radius 1 is 1.25 bits per heavy atom. The molecule has 0 amide bonds. The monoisotopic (exact) mass is 83.0 g/mol. The van der Waals surface area contributed by atoms with Crippen LogP contribution in [0.25, 0.3) is 0 Å². The van der Waals surface area contributed by atoms with E-state index in [1.807, 2.05) is 0 Å². The van der Waals surface area contributed by atoms with Gasteiger partial charge >= 0.3 is 51.4 Å². The van der Waals surface area contributed by atoms with Gasteiger partial charge in [0.1, 0.15) is 0 Å². The Morgan fingerprint density at radius 3 is 1.25 bits per heavy atom. The normalized spacial score (nSPS) is 1.50. The van der Waals surface area contributed by atoms with E-state index in [4.69, 9.17) is 0 Å². The molecule has 1 heteroatoms. The van der Waals surface area contributed by atoms with E-state index in [9.17, 15) is 0 Å². The molecule has 0 radical (unpaired) electrons. The van der Waals surface area contributed by atoms with Crippen molar-refractivity contribution in [3.63, 3.8) is 0 Å². The molecule has 0 aromatic carbocycles. The Labute approximate surface area is 71.4 Å². The van der Waals surface area contributed by atoms with Crippen molar-refractivity contribution in [3.05, 3.63) is 14.4 Å². The second kappa shape index (κ2) is 22.9. The fourth-order valence-corrected chi connectivity index (χ4v) is 0. The summed E-state index contributed by atoms with van der Waals surface area (Å²) in [5.41, 5.74) is 0. The molecule has 4 heavy (non-hydrogen) atoms. The summed E-state index contributed by atoms with van der Waals surface area (Å²) in [6.45, 7) is 5.00. The molecule has 0 atom stereocenters. The summed E-state index contributed by atoms with van der Waals surface area (Å²) in [5.74, 6) is 0. The smallest absolute Gasteiger partial charge is 0.358 e. The molecule has 0 unspecified atom stereocenters. The van der Waals surface area contributed by atoms with Crippen LogP contribution in [0.5, 0.6) is 0 Å². The molecule has 0 aliphatic carbocycles. The van der Waals surface area contributed by atoms with Crippen molar-refractivity contribution in [1.82, 2.24) is 0 Å². The summed E-state index contributed by atoms with van der Waals surface area (Å²) >= 11 is 0. The van der Waals surface area contributed by atoms with Gasteiger partial charge in [0.05, 0.1) is 0 Å². The summed E-state index contributed by atoms with van der Waals surface area (Å²) in [4.78, 5) is 0. The average Bonchev–Trinajstić information content (AvgIpc) is 1.00. The van der Waals surface area contributed by atoms with Crippen molar-refractivity contribution >= 4 is 0 Å². The molecule has 0 saturated carbocycles. The van der Waals surface area contributed by atoms with E-state index in [-0.39, 0.29) is 58.8 Å². The van der Waals surface area contributed by atoms with E-state index in [0.29, 0.717) is 0 Å². The zero-order valence-corrected chi connectivity index (χ0v) is 6.83. The molecule has 0 bridgehead atoms. The first-order valence-electron chi connectivity index (χ1n) is 0.707. The van der Waals surface area contributed by atoms with Gasteiger partial charge in [0, 0.05) is 0 Å². The van der Waals surface area contributed by atoms with E-state index in [0.717, 1.165) is 0 Å². The van der Waals surface area contributed by atoms with Crippen molar-refractivity contribution in [3.8, 4) is 0 Å². The first kappa shape index (κ1) is 17.4. The third kappa shape index (κ3) is 9.44. The summed E-state index contributed by atoms with van der Waals surface area (Å²) in [7, 11) is 0. The van der Waals surface area contributed by atoms with E-state index < -0.39 is 0 Å². The molecule has 0 fully saturated rings. The maximum absolute atomic E-state index is 3.25. The molecular formula is C3H8K-. The molecular weight excluding hydrogens is 75.1 g/mol. The Hall–Kier alpha value is 1.64. The van der Waals surface area contributed by atoms with Gasteiger partial charge in [-0.25, -0.2) is 0 Å². The first-order valence-corrected chi connectivity index (χ1v) is 0.707. The van der Waals surface area contributed by atoms with Crippen LogP contribution >= 0.6 is 0 Å². The summed E-state index contributed by atoms with van der Waals surface area (Å²) in [6, 6.07) is 0. The Kier molecular flexibility index (Phi) is 99.8. The van der Waals surface area contributed by atoms with Crippen LogP contribution in [-0.2, 0) is 0 Å². The number of rotatable bonds is 0. The molecule has 0 N–H and O–H groups in total. The summed E-state index contributed by atoms with van der Waals surface area (Å²) in [6.07, 6.45) is 0. The van der Waals surface area contributed by atoms with Gasteiger partial charge in [-0.1, -0.05) is 0 Å². The molecule has 22 valence electrons. The van der Waals surface area contributed by atoms with Crippen molar-refractivity contribution in [2.24, 2.45) is 0 Å². The maximum Gasteiger partial charge on any atom is 1.00 e. The van der Waals surface area contributed by atoms with E-state index >= 15 is 0 Å². The van der Waals surface area contributed by atoms with Crippen LogP contribution in [0.3, 0.4) is 0 Å². The molecule has 0 spiro atoms. The summed E-state index contributed by atoms with van der Waals surface area (Å²) in [5, 5.41) is 0. The standard InChI is InChI=1S/C2H5.CH3.K/c1-2;;/h1H2,2H3;1H3;/q2*-1;+1.